The molecular formula is C16H23ClN2O2. The summed E-state index contributed by atoms with van der Waals surface area (Å²) in [5.74, 6) is -0.165. The number of carbonyl (C=O) groups is 1. The van der Waals surface area contributed by atoms with Gasteiger partial charge in [-0.2, -0.15) is 0 Å². The molecule has 0 aliphatic rings. The van der Waals surface area contributed by atoms with Crippen LogP contribution in [0.25, 0.3) is 10.9 Å². The molecule has 0 amide bonds. The Morgan fingerprint density at radius 1 is 1.33 bits per heavy atom. The predicted molar refractivity (Wildman–Crippen MR) is 87.6 cm³/mol. The molecule has 1 aromatic carbocycles. The number of nitrogens with one attached hydrogen (secondary N) is 1. The van der Waals surface area contributed by atoms with E-state index < -0.39 is 5.60 Å². The SMILES string of the molecule is CC(C)(C)OC(=O)CCc1c[nH]c2ccc(CN)cc12.Cl. The van der Waals surface area contributed by atoms with Crippen LogP contribution in [0.15, 0.2) is 24.4 Å². The van der Waals surface area contributed by atoms with Crippen molar-refractivity contribution in [1.29, 1.82) is 0 Å². The number of halogens is 1. The van der Waals surface area contributed by atoms with E-state index in [1.54, 1.807) is 0 Å². The van der Waals surface area contributed by atoms with Gasteiger partial charge in [-0.05, 0) is 50.5 Å². The molecule has 0 saturated heterocycles. The smallest absolute Gasteiger partial charge is 0.306 e. The van der Waals surface area contributed by atoms with Crippen molar-refractivity contribution in [3.8, 4) is 0 Å². The second kappa shape index (κ2) is 6.96. The predicted octanol–water partition coefficient (Wildman–Crippen LogP) is 3.32. The van der Waals surface area contributed by atoms with E-state index in [1.165, 1.54) is 0 Å². The number of aromatic amines is 1. The van der Waals surface area contributed by atoms with Crippen molar-refractivity contribution < 1.29 is 9.53 Å². The normalized spacial score (nSPS) is 11.2. The third-order valence-corrected chi connectivity index (χ3v) is 3.09. The van der Waals surface area contributed by atoms with Gasteiger partial charge in [0.15, 0.2) is 0 Å². The van der Waals surface area contributed by atoms with Crippen molar-refractivity contribution >= 4 is 29.3 Å². The molecule has 21 heavy (non-hydrogen) atoms. The molecule has 0 saturated carbocycles. The molecule has 2 aromatic rings. The van der Waals surface area contributed by atoms with Crippen LogP contribution >= 0.6 is 12.4 Å². The van der Waals surface area contributed by atoms with Crippen LogP contribution in [0.5, 0.6) is 0 Å². The van der Waals surface area contributed by atoms with E-state index in [0.717, 1.165) is 22.0 Å². The fraction of sp³-hybridized carbons (Fsp3) is 0.438. The molecule has 0 spiro atoms. The molecule has 1 heterocycles. The van der Waals surface area contributed by atoms with Gasteiger partial charge in [0.25, 0.3) is 0 Å². The second-order valence-electron chi connectivity index (χ2n) is 5.98. The minimum Gasteiger partial charge on any atom is -0.460 e. The topological polar surface area (TPSA) is 68.1 Å². The Morgan fingerprint density at radius 3 is 2.67 bits per heavy atom. The zero-order valence-electron chi connectivity index (χ0n) is 12.7. The van der Waals surface area contributed by atoms with Gasteiger partial charge >= 0.3 is 5.97 Å². The van der Waals surface area contributed by atoms with Crippen LogP contribution in [0.3, 0.4) is 0 Å². The average molecular weight is 311 g/mol. The monoisotopic (exact) mass is 310 g/mol. The Morgan fingerprint density at radius 2 is 2.05 bits per heavy atom. The fourth-order valence-electron chi connectivity index (χ4n) is 2.19. The minimum absolute atomic E-state index is 0. The summed E-state index contributed by atoms with van der Waals surface area (Å²) in [6.45, 7) is 6.16. The number of nitrogens with two attached hydrogens (primary N) is 1. The van der Waals surface area contributed by atoms with E-state index in [4.69, 9.17) is 10.5 Å². The summed E-state index contributed by atoms with van der Waals surface area (Å²) >= 11 is 0. The highest BCUT2D eigenvalue weighted by molar-refractivity contribution is 5.85. The van der Waals surface area contributed by atoms with Crippen molar-refractivity contribution in [2.45, 2.75) is 45.8 Å². The Labute approximate surface area is 131 Å². The highest BCUT2D eigenvalue weighted by Gasteiger charge is 2.16. The first kappa shape index (κ1) is 17.5. The first-order valence-corrected chi connectivity index (χ1v) is 6.90. The molecule has 2 rings (SSSR count). The van der Waals surface area contributed by atoms with Crippen LogP contribution in [-0.4, -0.2) is 16.6 Å². The van der Waals surface area contributed by atoms with E-state index in [0.29, 0.717) is 19.4 Å². The summed E-state index contributed by atoms with van der Waals surface area (Å²) in [4.78, 5) is 15.0. The summed E-state index contributed by atoms with van der Waals surface area (Å²) in [7, 11) is 0. The average Bonchev–Trinajstić information content (AvgIpc) is 2.76. The number of carbonyl (C=O) groups excluding carboxylic acids is 1. The molecule has 116 valence electrons. The molecule has 4 nitrogen and oxygen atoms in total. The van der Waals surface area contributed by atoms with Crippen molar-refractivity contribution in [1.82, 2.24) is 4.98 Å². The van der Waals surface area contributed by atoms with Crippen LogP contribution in [-0.2, 0) is 22.5 Å². The first-order valence-electron chi connectivity index (χ1n) is 6.90. The third kappa shape index (κ3) is 4.76. The number of rotatable bonds is 4. The van der Waals surface area contributed by atoms with Crippen molar-refractivity contribution in [3.05, 3.63) is 35.5 Å². The van der Waals surface area contributed by atoms with Crippen molar-refractivity contribution in [2.75, 3.05) is 0 Å². The molecule has 0 unspecified atom stereocenters. The Balaban J connectivity index is 0.00000220. The number of fused-ring (bicyclic) bond motifs is 1. The molecule has 5 heteroatoms. The molecule has 0 atom stereocenters. The van der Waals surface area contributed by atoms with Crippen molar-refractivity contribution in [3.63, 3.8) is 0 Å². The molecular weight excluding hydrogens is 288 g/mol. The zero-order chi connectivity index (χ0) is 14.8. The largest absolute Gasteiger partial charge is 0.460 e. The lowest BCUT2D eigenvalue weighted by atomic mass is 10.1. The lowest BCUT2D eigenvalue weighted by Crippen LogP contribution is -2.23. The molecule has 0 fully saturated rings. The van der Waals surface area contributed by atoms with Crippen LogP contribution in [0.1, 0.15) is 38.3 Å². The van der Waals surface area contributed by atoms with Crippen LogP contribution in [0.4, 0.5) is 0 Å². The van der Waals surface area contributed by atoms with Gasteiger partial charge in [0.1, 0.15) is 5.60 Å². The number of ether oxygens (including phenoxy) is 1. The second-order valence-corrected chi connectivity index (χ2v) is 5.98. The summed E-state index contributed by atoms with van der Waals surface area (Å²) in [5.41, 5.74) is 8.53. The van der Waals surface area contributed by atoms with Gasteiger partial charge < -0.3 is 15.5 Å². The number of aryl methyl sites for hydroxylation is 1. The maximum Gasteiger partial charge on any atom is 0.306 e. The summed E-state index contributed by atoms with van der Waals surface area (Å²) in [6.07, 6.45) is 3.01. The summed E-state index contributed by atoms with van der Waals surface area (Å²) < 4.78 is 5.32. The van der Waals surface area contributed by atoms with E-state index in [-0.39, 0.29) is 18.4 Å². The van der Waals surface area contributed by atoms with Gasteiger partial charge in [-0.1, -0.05) is 6.07 Å². The molecule has 3 N–H and O–H groups in total. The number of aromatic nitrogens is 1. The first-order chi connectivity index (χ1) is 9.39. The van der Waals surface area contributed by atoms with Gasteiger partial charge in [-0.25, -0.2) is 0 Å². The van der Waals surface area contributed by atoms with Gasteiger partial charge in [-0.15, -0.1) is 12.4 Å². The van der Waals surface area contributed by atoms with Gasteiger partial charge in [0.05, 0.1) is 0 Å². The summed E-state index contributed by atoms with van der Waals surface area (Å²) in [5, 5.41) is 1.14. The zero-order valence-corrected chi connectivity index (χ0v) is 13.5. The molecule has 0 aliphatic heterocycles. The quantitative estimate of drug-likeness (QED) is 0.851. The lowest BCUT2D eigenvalue weighted by molar-refractivity contribution is -0.154. The molecule has 0 radical (unpaired) electrons. The lowest BCUT2D eigenvalue weighted by Gasteiger charge is -2.19. The minimum atomic E-state index is -0.427. The Kier molecular flexibility index (Phi) is 5.81. The standard InChI is InChI=1S/C16H22N2O2.ClH/c1-16(2,3)20-15(19)7-5-12-10-18-14-6-4-11(9-17)8-13(12)14;/h4,6,8,10,18H,5,7,9,17H2,1-3H3;1H. The van der Waals surface area contributed by atoms with Crippen LogP contribution in [0, 0.1) is 0 Å². The molecule has 0 aliphatic carbocycles. The highest BCUT2D eigenvalue weighted by Crippen LogP contribution is 2.21. The van der Waals surface area contributed by atoms with E-state index in [2.05, 4.69) is 11.1 Å². The summed E-state index contributed by atoms with van der Waals surface area (Å²) in [6, 6.07) is 6.11. The van der Waals surface area contributed by atoms with E-state index in [1.807, 2.05) is 39.1 Å². The Hall–Kier alpha value is -1.52. The molecule has 0 bridgehead atoms. The van der Waals surface area contributed by atoms with Gasteiger partial charge in [-0.3, -0.25) is 4.79 Å². The van der Waals surface area contributed by atoms with Crippen LogP contribution in [0.2, 0.25) is 0 Å². The van der Waals surface area contributed by atoms with Crippen LogP contribution < -0.4 is 5.73 Å². The number of hydrogen-bond acceptors (Lipinski definition) is 3. The fourth-order valence-corrected chi connectivity index (χ4v) is 2.19. The number of H-pyrrole nitrogens is 1. The van der Waals surface area contributed by atoms with Crippen molar-refractivity contribution in [2.24, 2.45) is 5.73 Å². The maximum atomic E-state index is 11.8. The number of benzene rings is 1. The third-order valence-electron chi connectivity index (χ3n) is 3.09. The maximum absolute atomic E-state index is 11.8. The number of esters is 1. The number of hydrogen-bond donors (Lipinski definition) is 2. The highest BCUT2D eigenvalue weighted by atomic mass is 35.5. The van der Waals surface area contributed by atoms with Gasteiger partial charge in [0, 0.05) is 30.1 Å². The van der Waals surface area contributed by atoms with E-state index >= 15 is 0 Å². The van der Waals surface area contributed by atoms with E-state index in [9.17, 15) is 4.79 Å². The molecule has 1 aromatic heterocycles. The Bertz CT molecular complexity index is 614. The van der Waals surface area contributed by atoms with Gasteiger partial charge in [0.2, 0.25) is 0 Å².